The van der Waals surface area contributed by atoms with Gasteiger partial charge in [0.1, 0.15) is 0 Å². The number of benzene rings is 1. The largest absolute Gasteiger partial charge is 0.379 e. The second kappa shape index (κ2) is 7.72. The van der Waals surface area contributed by atoms with Crippen LogP contribution in [0.25, 0.3) is 0 Å². The normalized spacial score (nSPS) is 17.3. The Hall–Kier alpha value is -1.99. The molecule has 0 spiro atoms. The van der Waals surface area contributed by atoms with Crippen molar-refractivity contribution < 1.29 is 14.5 Å². The highest BCUT2D eigenvalue weighted by Gasteiger charge is 2.27. The van der Waals surface area contributed by atoms with E-state index in [2.05, 4.69) is 10.2 Å². The molecule has 0 aromatic heterocycles. The van der Waals surface area contributed by atoms with Crippen molar-refractivity contribution in [2.75, 3.05) is 32.8 Å². The number of rotatable bonds is 6. The third kappa shape index (κ3) is 4.75. The molecule has 1 atom stereocenters. The summed E-state index contributed by atoms with van der Waals surface area (Å²) in [5.41, 5.74) is 0.285. The second-order valence-electron chi connectivity index (χ2n) is 6.73. The minimum atomic E-state index is -0.592. The van der Waals surface area contributed by atoms with E-state index in [1.54, 1.807) is 12.1 Å². The molecule has 1 fully saturated rings. The molecule has 1 unspecified atom stereocenters. The topological polar surface area (TPSA) is 84.7 Å². The standard InChI is InChI=1S/C17H25N3O4/c1-13(12-19-8-10-24-11-9-19)16(21)18-17(2,3)14-4-6-15(7-5-14)20(22)23/h4-7,13H,8-12H2,1-3H3,(H,18,21). The zero-order chi connectivity index (χ0) is 17.7. The fourth-order valence-corrected chi connectivity index (χ4v) is 2.76. The van der Waals surface area contributed by atoms with E-state index >= 15 is 0 Å². The molecule has 2 rings (SSSR count). The van der Waals surface area contributed by atoms with Crippen LogP contribution in [0.4, 0.5) is 5.69 Å². The van der Waals surface area contributed by atoms with E-state index in [4.69, 9.17) is 4.74 Å². The van der Waals surface area contributed by atoms with Crippen LogP contribution in [0.5, 0.6) is 0 Å². The van der Waals surface area contributed by atoms with Crippen LogP contribution in [0, 0.1) is 16.0 Å². The first-order chi connectivity index (χ1) is 11.3. The molecule has 0 radical (unpaired) electrons. The Morgan fingerprint density at radius 1 is 1.33 bits per heavy atom. The van der Waals surface area contributed by atoms with E-state index in [1.165, 1.54) is 12.1 Å². The van der Waals surface area contributed by atoms with Crippen LogP contribution in [-0.4, -0.2) is 48.6 Å². The highest BCUT2D eigenvalue weighted by Crippen LogP contribution is 2.23. The lowest BCUT2D eigenvalue weighted by molar-refractivity contribution is -0.384. The van der Waals surface area contributed by atoms with Crippen LogP contribution in [0.2, 0.25) is 0 Å². The van der Waals surface area contributed by atoms with Gasteiger partial charge < -0.3 is 10.1 Å². The first kappa shape index (κ1) is 18.4. The Bertz CT molecular complexity index is 580. The zero-order valence-corrected chi connectivity index (χ0v) is 14.4. The van der Waals surface area contributed by atoms with Gasteiger partial charge in [-0.25, -0.2) is 0 Å². The van der Waals surface area contributed by atoms with Gasteiger partial charge in [-0.1, -0.05) is 6.92 Å². The Kier molecular flexibility index (Phi) is 5.90. The number of hydrogen-bond donors (Lipinski definition) is 1. The summed E-state index contributed by atoms with van der Waals surface area (Å²) in [5, 5.41) is 13.8. The number of non-ortho nitro benzene ring substituents is 1. The fourth-order valence-electron chi connectivity index (χ4n) is 2.76. The van der Waals surface area contributed by atoms with Gasteiger partial charge in [-0.2, -0.15) is 0 Å². The quantitative estimate of drug-likeness (QED) is 0.634. The number of nitro benzene ring substituents is 1. The number of amides is 1. The van der Waals surface area contributed by atoms with Crippen LogP contribution in [0.3, 0.4) is 0 Å². The SMILES string of the molecule is CC(CN1CCOCC1)C(=O)NC(C)(C)c1ccc([N+](=O)[O-])cc1. The number of nitrogens with zero attached hydrogens (tertiary/aromatic N) is 2. The number of ether oxygens (including phenoxy) is 1. The molecule has 0 saturated carbocycles. The number of nitro groups is 1. The van der Waals surface area contributed by atoms with Gasteiger partial charge in [-0.3, -0.25) is 19.8 Å². The zero-order valence-electron chi connectivity index (χ0n) is 14.4. The summed E-state index contributed by atoms with van der Waals surface area (Å²) >= 11 is 0. The average Bonchev–Trinajstić information content (AvgIpc) is 2.55. The monoisotopic (exact) mass is 335 g/mol. The van der Waals surface area contributed by atoms with Crippen molar-refractivity contribution in [3.8, 4) is 0 Å². The van der Waals surface area contributed by atoms with Gasteiger partial charge in [-0.15, -0.1) is 0 Å². The molecule has 0 aliphatic carbocycles. The summed E-state index contributed by atoms with van der Waals surface area (Å²) in [4.78, 5) is 25.0. The van der Waals surface area contributed by atoms with E-state index in [9.17, 15) is 14.9 Å². The van der Waals surface area contributed by atoms with Crippen LogP contribution < -0.4 is 5.32 Å². The lowest BCUT2D eigenvalue weighted by Gasteiger charge is -2.32. The molecular formula is C17H25N3O4. The average molecular weight is 335 g/mol. The number of carbonyl (C=O) groups excluding carboxylic acids is 1. The predicted octanol–water partition coefficient (Wildman–Crippen LogP) is 1.91. The first-order valence-corrected chi connectivity index (χ1v) is 8.16. The summed E-state index contributed by atoms with van der Waals surface area (Å²) in [5.74, 6) is -0.162. The summed E-state index contributed by atoms with van der Waals surface area (Å²) in [6.45, 7) is 9.53. The summed E-state index contributed by atoms with van der Waals surface area (Å²) < 4.78 is 5.32. The summed E-state index contributed by atoms with van der Waals surface area (Å²) in [7, 11) is 0. The maximum Gasteiger partial charge on any atom is 0.269 e. The van der Waals surface area contributed by atoms with E-state index in [0.29, 0.717) is 19.8 Å². The van der Waals surface area contributed by atoms with Gasteiger partial charge in [-0.05, 0) is 31.5 Å². The van der Waals surface area contributed by atoms with Crippen LogP contribution in [0.15, 0.2) is 24.3 Å². The smallest absolute Gasteiger partial charge is 0.269 e. The van der Waals surface area contributed by atoms with Gasteiger partial charge >= 0.3 is 0 Å². The van der Waals surface area contributed by atoms with Crippen molar-refractivity contribution >= 4 is 11.6 Å². The van der Waals surface area contributed by atoms with Gasteiger partial charge in [0.05, 0.1) is 23.7 Å². The van der Waals surface area contributed by atoms with Crippen molar-refractivity contribution in [2.24, 2.45) is 5.92 Å². The van der Waals surface area contributed by atoms with Crippen LogP contribution in [-0.2, 0) is 15.1 Å². The number of morpholine rings is 1. The third-order valence-electron chi connectivity index (χ3n) is 4.32. The molecule has 132 valence electrons. The third-order valence-corrected chi connectivity index (χ3v) is 4.32. The Morgan fingerprint density at radius 3 is 2.46 bits per heavy atom. The first-order valence-electron chi connectivity index (χ1n) is 8.16. The molecule has 7 nitrogen and oxygen atoms in total. The van der Waals surface area contributed by atoms with Crippen molar-refractivity contribution in [3.05, 3.63) is 39.9 Å². The molecule has 1 heterocycles. The molecule has 7 heteroatoms. The minimum absolute atomic E-state index is 0.0233. The lowest BCUT2D eigenvalue weighted by Crippen LogP contribution is -2.47. The molecule has 1 N–H and O–H groups in total. The number of nitrogens with one attached hydrogen (secondary N) is 1. The second-order valence-corrected chi connectivity index (χ2v) is 6.73. The molecule has 1 saturated heterocycles. The predicted molar refractivity (Wildman–Crippen MR) is 90.7 cm³/mol. The molecule has 1 aromatic carbocycles. The lowest BCUT2D eigenvalue weighted by atomic mass is 9.93. The molecule has 0 bridgehead atoms. The summed E-state index contributed by atoms with van der Waals surface area (Å²) in [6.07, 6.45) is 0. The number of carbonyl (C=O) groups is 1. The van der Waals surface area contributed by atoms with E-state index < -0.39 is 10.5 Å². The summed E-state index contributed by atoms with van der Waals surface area (Å²) in [6, 6.07) is 6.29. The van der Waals surface area contributed by atoms with E-state index in [1.807, 2.05) is 20.8 Å². The molecule has 1 aliphatic heterocycles. The van der Waals surface area contributed by atoms with Crippen LogP contribution in [0.1, 0.15) is 26.3 Å². The minimum Gasteiger partial charge on any atom is -0.379 e. The molecule has 1 aromatic rings. The van der Waals surface area contributed by atoms with Crippen molar-refractivity contribution in [1.29, 1.82) is 0 Å². The molecule has 24 heavy (non-hydrogen) atoms. The highest BCUT2D eigenvalue weighted by atomic mass is 16.6. The Labute approximate surface area is 142 Å². The van der Waals surface area contributed by atoms with Gasteiger partial charge in [0.2, 0.25) is 5.91 Å². The Morgan fingerprint density at radius 2 is 1.92 bits per heavy atom. The maximum absolute atomic E-state index is 12.5. The molecule has 1 amide bonds. The Balaban J connectivity index is 1.96. The van der Waals surface area contributed by atoms with Crippen molar-refractivity contribution in [3.63, 3.8) is 0 Å². The van der Waals surface area contributed by atoms with Gasteiger partial charge in [0, 0.05) is 37.7 Å². The van der Waals surface area contributed by atoms with E-state index in [-0.39, 0.29) is 17.5 Å². The molecular weight excluding hydrogens is 310 g/mol. The molecule has 1 aliphatic rings. The van der Waals surface area contributed by atoms with Crippen molar-refractivity contribution in [1.82, 2.24) is 10.2 Å². The number of hydrogen-bond acceptors (Lipinski definition) is 5. The van der Waals surface area contributed by atoms with Crippen LogP contribution >= 0.6 is 0 Å². The van der Waals surface area contributed by atoms with Crippen molar-refractivity contribution in [2.45, 2.75) is 26.3 Å². The van der Waals surface area contributed by atoms with Gasteiger partial charge in [0.25, 0.3) is 5.69 Å². The van der Waals surface area contributed by atoms with E-state index in [0.717, 1.165) is 18.7 Å². The highest BCUT2D eigenvalue weighted by molar-refractivity contribution is 5.79. The maximum atomic E-state index is 12.5. The fraction of sp³-hybridized carbons (Fsp3) is 0.588. The van der Waals surface area contributed by atoms with Gasteiger partial charge in [0.15, 0.2) is 0 Å².